The fourth-order valence-electron chi connectivity index (χ4n) is 4.00. The van der Waals surface area contributed by atoms with E-state index in [0.29, 0.717) is 0 Å². The Kier molecular flexibility index (Phi) is 8.57. The second-order valence-electron chi connectivity index (χ2n) is 11.1. The van der Waals surface area contributed by atoms with Crippen molar-refractivity contribution in [2.45, 2.75) is 76.4 Å². The zero-order valence-electron chi connectivity index (χ0n) is 22.8. The average Bonchev–Trinajstić information content (AvgIpc) is 3.07. The molecule has 0 bridgehead atoms. The highest BCUT2D eigenvalue weighted by Gasteiger charge is 2.62. The van der Waals surface area contributed by atoms with E-state index in [0.717, 1.165) is 16.4 Å². The maximum Gasteiger partial charge on any atom is 0.330 e. The summed E-state index contributed by atoms with van der Waals surface area (Å²) in [5, 5.41) is 10.2. The van der Waals surface area contributed by atoms with Gasteiger partial charge in [0.15, 0.2) is 20.1 Å². The molecule has 1 aromatic carbocycles. The molecule has 1 fully saturated rings. The molecule has 11 nitrogen and oxygen atoms in total. The highest BCUT2D eigenvalue weighted by atomic mass is 32.2. The van der Waals surface area contributed by atoms with E-state index in [1.54, 1.807) is 0 Å². The zero-order chi connectivity index (χ0) is 28.5. The van der Waals surface area contributed by atoms with Crippen molar-refractivity contribution in [1.29, 1.82) is 5.26 Å². The van der Waals surface area contributed by atoms with Crippen LogP contribution in [0.4, 0.5) is 0 Å². The van der Waals surface area contributed by atoms with E-state index in [2.05, 4.69) is 15.8 Å². The van der Waals surface area contributed by atoms with E-state index in [4.69, 9.17) is 13.9 Å². The van der Waals surface area contributed by atoms with Gasteiger partial charge in [-0.05, 0) is 30.6 Å². The number of hydrogen-bond acceptors (Lipinski definition) is 8. The SMILES string of the molecule is Cc1cn([C@@H]2O[C@H](COCc3ccccc3)[C@@](C#N)(NS(C)(=O)=O)[C@H]2O[Si](C)(C)C(C)(C)C)c(=O)[nH]c1=O. The first-order valence-electron chi connectivity index (χ1n) is 12.2. The number of aryl methyl sites for hydroxylation is 1. The largest absolute Gasteiger partial charge is 0.406 e. The van der Waals surface area contributed by atoms with Gasteiger partial charge in [-0.1, -0.05) is 51.1 Å². The molecular weight excluding hydrogens is 528 g/mol. The van der Waals surface area contributed by atoms with Crippen LogP contribution in [0.3, 0.4) is 0 Å². The van der Waals surface area contributed by atoms with E-state index in [-0.39, 0.29) is 23.8 Å². The second kappa shape index (κ2) is 10.9. The minimum atomic E-state index is -3.96. The fraction of sp³-hybridized carbons (Fsp3) is 0.560. The van der Waals surface area contributed by atoms with Crippen molar-refractivity contribution in [2.75, 3.05) is 12.9 Å². The first-order valence-corrected chi connectivity index (χ1v) is 17.0. The molecule has 38 heavy (non-hydrogen) atoms. The summed E-state index contributed by atoms with van der Waals surface area (Å²) < 4.78 is 47.6. The molecule has 1 aliphatic rings. The summed E-state index contributed by atoms with van der Waals surface area (Å²) in [7, 11) is -6.64. The summed E-state index contributed by atoms with van der Waals surface area (Å²) in [6.07, 6.45) is -1.35. The third-order valence-corrected chi connectivity index (χ3v) is 12.3. The van der Waals surface area contributed by atoms with Crippen LogP contribution in [0.25, 0.3) is 0 Å². The summed E-state index contributed by atoms with van der Waals surface area (Å²) in [4.78, 5) is 27.2. The minimum Gasteiger partial charge on any atom is -0.406 e. The molecule has 13 heteroatoms. The molecule has 0 unspecified atom stereocenters. The van der Waals surface area contributed by atoms with Gasteiger partial charge in [-0.15, -0.1) is 0 Å². The Balaban J connectivity index is 2.14. The Morgan fingerprint density at radius 3 is 2.42 bits per heavy atom. The van der Waals surface area contributed by atoms with E-state index in [1.165, 1.54) is 13.1 Å². The number of ether oxygens (including phenoxy) is 2. The summed E-state index contributed by atoms with van der Waals surface area (Å²) >= 11 is 0. The number of nitriles is 1. The normalized spacial score (nSPS) is 24.3. The smallest absolute Gasteiger partial charge is 0.330 e. The van der Waals surface area contributed by atoms with Crippen molar-refractivity contribution in [3.8, 4) is 6.07 Å². The van der Waals surface area contributed by atoms with Crippen LogP contribution in [0.5, 0.6) is 0 Å². The third kappa shape index (κ3) is 6.33. The predicted octanol–water partition coefficient (Wildman–Crippen LogP) is 2.16. The molecule has 0 spiro atoms. The molecule has 3 rings (SSSR count). The second-order valence-corrected chi connectivity index (χ2v) is 17.7. The molecule has 1 aromatic heterocycles. The third-order valence-electron chi connectivity index (χ3n) is 7.09. The maximum absolute atomic E-state index is 12.9. The van der Waals surface area contributed by atoms with Crippen LogP contribution in [-0.4, -0.2) is 56.9 Å². The van der Waals surface area contributed by atoms with Gasteiger partial charge in [0.1, 0.15) is 12.2 Å². The lowest BCUT2D eigenvalue weighted by Crippen LogP contribution is -2.63. The minimum absolute atomic E-state index is 0.171. The lowest BCUT2D eigenvalue weighted by molar-refractivity contribution is -0.0660. The van der Waals surface area contributed by atoms with Crippen LogP contribution in [0.1, 0.15) is 38.1 Å². The molecule has 0 saturated carbocycles. The van der Waals surface area contributed by atoms with Gasteiger partial charge >= 0.3 is 5.69 Å². The fourth-order valence-corrected chi connectivity index (χ4v) is 6.20. The number of nitrogens with one attached hydrogen (secondary N) is 2. The molecule has 4 atom stereocenters. The Morgan fingerprint density at radius 1 is 1.24 bits per heavy atom. The van der Waals surface area contributed by atoms with Gasteiger partial charge in [0.05, 0.1) is 25.5 Å². The van der Waals surface area contributed by atoms with Crippen LogP contribution < -0.4 is 16.0 Å². The molecule has 2 heterocycles. The van der Waals surface area contributed by atoms with Crippen LogP contribution in [0.15, 0.2) is 46.1 Å². The molecule has 0 aliphatic carbocycles. The monoisotopic (exact) mass is 564 g/mol. The maximum atomic E-state index is 12.9. The first-order chi connectivity index (χ1) is 17.5. The average molecular weight is 565 g/mol. The van der Waals surface area contributed by atoms with E-state index >= 15 is 0 Å². The Bertz CT molecular complexity index is 1410. The topological polar surface area (TPSA) is 153 Å². The van der Waals surface area contributed by atoms with Crippen molar-refractivity contribution >= 4 is 18.3 Å². The lowest BCUT2D eigenvalue weighted by atomic mass is 9.91. The van der Waals surface area contributed by atoms with E-state index < -0.39 is 53.6 Å². The van der Waals surface area contributed by atoms with Crippen LogP contribution in [-0.2, 0) is 30.5 Å². The highest BCUT2D eigenvalue weighted by molar-refractivity contribution is 7.88. The molecule has 1 saturated heterocycles. The predicted molar refractivity (Wildman–Crippen MR) is 144 cm³/mol. The van der Waals surface area contributed by atoms with Crippen molar-refractivity contribution < 1.29 is 22.3 Å². The number of hydrogen-bond donors (Lipinski definition) is 2. The van der Waals surface area contributed by atoms with Gasteiger partial charge in [-0.3, -0.25) is 14.3 Å². The van der Waals surface area contributed by atoms with Crippen molar-refractivity contribution in [3.63, 3.8) is 0 Å². The highest BCUT2D eigenvalue weighted by Crippen LogP contribution is 2.45. The number of aromatic nitrogens is 2. The zero-order valence-corrected chi connectivity index (χ0v) is 24.6. The number of benzene rings is 1. The van der Waals surface area contributed by atoms with Crippen molar-refractivity contribution in [1.82, 2.24) is 14.3 Å². The molecular formula is C25H36N4O7SSi. The molecule has 208 valence electrons. The number of nitrogens with zero attached hydrogens (tertiary/aromatic N) is 2. The Hall–Kier alpha value is -2.60. The van der Waals surface area contributed by atoms with Gasteiger partial charge in [0.25, 0.3) is 5.56 Å². The summed E-state index contributed by atoms with van der Waals surface area (Å²) in [5.74, 6) is 0. The molecule has 2 N–H and O–H groups in total. The standard InChI is InChI=1S/C25H36N4O7SSi/c1-17-13-29(23(31)27-21(17)30)22-20(36-38(6,7)24(2,3)4)25(16-26,28-37(5,32)33)19(35-22)15-34-14-18-11-9-8-10-12-18/h8-13,19-20,22,28H,14-15H2,1-7H3,(H,27,30,31)/t19-,20+,22-,25-/m1/s1. The molecule has 1 aliphatic heterocycles. The van der Waals surface area contributed by atoms with Crippen LogP contribution in [0.2, 0.25) is 18.1 Å². The Labute approximate surface area is 223 Å². The number of sulfonamides is 1. The van der Waals surface area contributed by atoms with Crippen LogP contribution >= 0.6 is 0 Å². The van der Waals surface area contributed by atoms with E-state index in [9.17, 15) is 23.3 Å². The number of H-pyrrole nitrogens is 1. The molecule has 0 amide bonds. The van der Waals surface area contributed by atoms with E-state index in [1.807, 2.05) is 64.2 Å². The van der Waals surface area contributed by atoms with Crippen molar-refractivity contribution in [2.24, 2.45) is 0 Å². The Morgan fingerprint density at radius 2 is 1.87 bits per heavy atom. The summed E-state index contributed by atoms with van der Waals surface area (Å²) in [6, 6.07) is 11.5. The number of aromatic amines is 1. The lowest BCUT2D eigenvalue weighted by Gasteiger charge is -2.42. The van der Waals surface area contributed by atoms with Gasteiger partial charge in [0.2, 0.25) is 10.0 Å². The quantitative estimate of drug-likeness (QED) is 0.440. The summed E-state index contributed by atoms with van der Waals surface area (Å²) in [6.45, 7) is 11.4. The van der Waals surface area contributed by atoms with Gasteiger partial charge in [-0.2, -0.15) is 9.98 Å². The van der Waals surface area contributed by atoms with Gasteiger partial charge in [-0.25, -0.2) is 13.2 Å². The first kappa shape index (κ1) is 29.9. The van der Waals surface area contributed by atoms with Gasteiger partial charge < -0.3 is 13.9 Å². The van der Waals surface area contributed by atoms with Crippen LogP contribution in [0, 0.1) is 18.3 Å². The van der Waals surface area contributed by atoms with Gasteiger partial charge in [0, 0.05) is 11.8 Å². The van der Waals surface area contributed by atoms with Crippen molar-refractivity contribution in [3.05, 3.63) is 68.5 Å². The molecule has 2 aromatic rings. The molecule has 0 radical (unpaired) electrons. The summed E-state index contributed by atoms with van der Waals surface area (Å²) in [5.41, 5.74) is -2.15. The number of rotatable bonds is 9.